The molecule has 0 saturated carbocycles. The molecule has 1 aromatic rings. The number of carbonyl (C=O) groups is 2. The normalized spacial score (nSPS) is 18.6. The second kappa shape index (κ2) is 10.2. The summed E-state index contributed by atoms with van der Waals surface area (Å²) in [5, 5.41) is 2.95. The first kappa shape index (κ1) is 21.1. The van der Waals surface area contributed by atoms with E-state index in [9.17, 15) is 13.8 Å². The van der Waals surface area contributed by atoms with Gasteiger partial charge in [0.05, 0.1) is 0 Å². The predicted octanol–water partition coefficient (Wildman–Crippen LogP) is 2.71. The maximum atomic E-state index is 12.5. The largest absolute Gasteiger partial charge is 0.356 e. The lowest BCUT2D eigenvalue weighted by Gasteiger charge is -2.33. The van der Waals surface area contributed by atoms with Crippen LogP contribution in [-0.2, 0) is 26.1 Å². The average Bonchev–Trinajstić information content (AvgIpc) is 2.61. The fourth-order valence-electron chi connectivity index (χ4n) is 2.95. The van der Waals surface area contributed by atoms with Gasteiger partial charge in [-0.1, -0.05) is 41.9 Å². The lowest BCUT2D eigenvalue weighted by Crippen LogP contribution is -2.45. The van der Waals surface area contributed by atoms with Crippen LogP contribution in [0.4, 0.5) is 0 Å². The summed E-state index contributed by atoms with van der Waals surface area (Å²) in [7, 11) is -1.21. The molecule has 0 bridgehead atoms. The van der Waals surface area contributed by atoms with E-state index in [1.807, 2.05) is 38.1 Å². The Hall–Kier alpha value is -1.21. The third-order valence-corrected chi connectivity index (χ3v) is 6.24. The second-order valence-electron chi connectivity index (χ2n) is 7.10. The molecule has 1 saturated heterocycles. The molecule has 1 aliphatic rings. The number of amides is 2. The summed E-state index contributed by atoms with van der Waals surface area (Å²) < 4.78 is 13.3. The van der Waals surface area contributed by atoms with Crippen LogP contribution >= 0.6 is 15.9 Å². The Morgan fingerprint density at radius 2 is 2.00 bits per heavy atom. The number of piperidine rings is 1. The molecule has 2 rings (SSSR count). The van der Waals surface area contributed by atoms with Gasteiger partial charge in [0.15, 0.2) is 0 Å². The van der Waals surface area contributed by atoms with Crippen molar-refractivity contribution in [2.24, 2.45) is 11.8 Å². The van der Waals surface area contributed by atoms with Gasteiger partial charge in [-0.3, -0.25) is 13.8 Å². The van der Waals surface area contributed by atoms with Gasteiger partial charge >= 0.3 is 0 Å². The molecule has 0 aromatic heterocycles. The molecule has 2 atom stereocenters. The van der Waals surface area contributed by atoms with Crippen molar-refractivity contribution in [3.63, 3.8) is 0 Å². The number of hydrogen-bond donors (Lipinski definition) is 1. The zero-order valence-corrected chi connectivity index (χ0v) is 17.8. The Labute approximate surface area is 166 Å². The minimum Gasteiger partial charge on any atom is -0.356 e. The minimum atomic E-state index is -1.21. The quantitative estimate of drug-likeness (QED) is 0.705. The molecule has 2 amide bonds. The molecule has 0 radical (unpaired) electrons. The number of likely N-dealkylation sites (tertiary alicyclic amines) is 1. The van der Waals surface area contributed by atoms with Crippen molar-refractivity contribution in [1.82, 2.24) is 10.2 Å². The number of nitrogens with one attached hydrogen (secondary N) is 1. The molecule has 0 unspecified atom stereocenters. The Balaban J connectivity index is 1.79. The van der Waals surface area contributed by atoms with Gasteiger partial charge in [-0.05, 0) is 36.5 Å². The summed E-state index contributed by atoms with van der Waals surface area (Å²) in [6, 6.07) is 7.66. The number of benzene rings is 1. The third kappa shape index (κ3) is 6.83. The monoisotopic (exact) mass is 442 g/mol. The summed E-state index contributed by atoms with van der Waals surface area (Å²) in [4.78, 5) is 26.0. The summed E-state index contributed by atoms with van der Waals surface area (Å²) in [6.07, 6.45) is 1.93. The van der Waals surface area contributed by atoms with E-state index >= 15 is 0 Å². The van der Waals surface area contributed by atoms with Crippen molar-refractivity contribution in [1.29, 1.82) is 0 Å². The summed E-state index contributed by atoms with van der Waals surface area (Å²) in [5.41, 5.74) is 0.965. The van der Waals surface area contributed by atoms with E-state index in [0.29, 0.717) is 25.4 Å². The molecule has 7 heteroatoms. The maximum Gasteiger partial charge on any atom is 0.235 e. The van der Waals surface area contributed by atoms with Gasteiger partial charge in [0.25, 0.3) is 0 Å². The van der Waals surface area contributed by atoms with Gasteiger partial charge in [0, 0.05) is 46.6 Å². The van der Waals surface area contributed by atoms with Crippen LogP contribution in [0.2, 0.25) is 0 Å². The molecule has 0 aliphatic carbocycles. The molecular weight excluding hydrogens is 416 g/mol. The smallest absolute Gasteiger partial charge is 0.235 e. The molecule has 1 N–H and O–H groups in total. The summed E-state index contributed by atoms with van der Waals surface area (Å²) in [5.74, 6) is 0.680. The first-order valence-electron chi connectivity index (χ1n) is 9.00. The van der Waals surface area contributed by atoms with Gasteiger partial charge in [-0.15, -0.1) is 0 Å². The van der Waals surface area contributed by atoms with Crippen LogP contribution in [0, 0.1) is 11.8 Å². The zero-order chi connectivity index (χ0) is 19.1. The maximum absolute atomic E-state index is 12.5. The molecule has 1 aromatic carbocycles. The lowest BCUT2D eigenvalue weighted by atomic mass is 9.97. The second-order valence-corrected chi connectivity index (χ2v) is 9.48. The Morgan fingerprint density at radius 1 is 1.31 bits per heavy atom. The van der Waals surface area contributed by atoms with E-state index in [1.165, 1.54) is 0 Å². The highest BCUT2D eigenvalue weighted by molar-refractivity contribution is 9.10. The lowest BCUT2D eigenvalue weighted by molar-refractivity contribution is -0.130. The van der Waals surface area contributed by atoms with Crippen LogP contribution in [0.15, 0.2) is 28.7 Å². The molecular formula is C19H27BrN2O3S. The number of rotatable bonds is 7. The third-order valence-electron chi connectivity index (χ3n) is 4.49. The Kier molecular flexibility index (Phi) is 8.28. The van der Waals surface area contributed by atoms with Crippen molar-refractivity contribution in [2.75, 3.05) is 25.4 Å². The van der Waals surface area contributed by atoms with Crippen LogP contribution in [0.25, 0.3) is 0 Å². The topological polar surface area (TPSA) is 66.5 Å². The van der Waals surface area contributed by atoms with E-state index < -0.39 is 10.8 Å². The zero-order valence-electron chi connectivity index (χ0n) is 15.4. The number of hydrogen-bond acceptors (Lipinski definition) is 3. The summed E-state index contributed by atoms with van der Waals surface area (Å²) >= 11 is 3.38. The molecule has 0 spiro atoms. The number of nitrogens with zero attached hydrogens (tertiary/aromatic N) is 1. The van der Waals surface area contributed by atoms with Crippen molar-refractivity contribution in [3.05, 3.63) is 34.3 Å². The van der Waals surface area contributed by atoms with Crippen LogP contribution in [-0.4, -0.2) is 46.3 Å². The molecule has 144 valence electrons. The van der Waals surface area contributed by atoms with Crippen LogP contribution in [0.3, 0.4) is 0 Å². The minimum absolute atomic E-state index is 0.0302. The molecule has 1 fully saturated rings. The SMILES string of the molecule is CC(C)C(=O)NC[C@H]1CCCN(C(=O)C[S@@](=O)Cc2ccc(Br)cc2)C1. The van der Waals surface area contributed by atoms with Gasteiger partial charge < -0.3 is 10.2 Å². The standard InChI is InChI=1S/C19H27BrN2O3S/c1-14(2)19(24)21-10-16-4-3-9-22(11-16)18(23)13-26(25)12-15-5-7-17(20)8-6-15/h5-8,14,16H,3-4,9-13H2,1-2H3,(H,21,24)/t16-,26+/m1/s1. The Morgan fingerprint density at radius 3 is 2.65 bits per heavy atom. The number of carbonyl (C=O) groups excluding carboxylic acids is 2. The predicted molar refractivity (Wildman–Crippen MR) is 108 cm³/mol. The van der Waals surface area contributed by atoms with Gasteiger partial charge in [-0.2, -0.15) is 0 Å². The van der Waals surface area contributed by atoms with E-state index in [1.54, 1.807) is 4.90 Å². The van der Waals surface area contributed by atoms with E-state index in [0.717, 1.165) is 22.9 Å². The first-order chi connectivity index (χ1) is 12.3. The van der Waals surface area contributed by atoms with Crippen LogP contribution in [0.1, 0.15) is 32.3 Å². The first-order valence-corrected chi connectivity index (χ1v) is 11.3. The van der Waals surface area contributed by atoms with Crippen molar-refractivity contribution in [2.45, 2.75) is 32.4 Å². The highest BCUT2D eigenvalue weighted by Gasteiger charge is 2.25. The van der Waals surface area contributed by atoms with Crippen molar-refractivity contribution >= 4 is 38.5 Å². The van der Waals surface area contributed by atoms with Crippen LogP contribution < -0.4 is 5.32 Å². The fraction of sp³-hybridized carbons (Fsp3) is 0.579. The number of halogens is 1. The van der Waals surface area contributed by atoms with E-state index in [4.69, 9.17) is 0 Å². The molecule has 5 nitrogen and oxygen atoms in total. The van der Waals surface area contributed by atoms with Gasteiger partial charge in [0.2, 0.25) is 11.8 Å². The average molecular weight is 443 g/mol. The highest BCUT2D eigenvalue weighted by atomic mass is 79.9. The summed E-state index contributed by atoms with van der Waals surface area (Å²) in [6.45, 7) is 5.68. The van der Waals surface area contributed by atoms with E-state index in [-0.39, 0.29) is 29.4 Å². The highest BCUT2D eigenvalue weighted by Crippen LogP contribution is 2.17. The fourth-order valence-corrected chi connectivity index (χ4v) is 4.34. The van der Waals surface area contributed by atoms with Crippen molar-refractivity contribution in [3.8, 4) is 0 Å². The van der Waals surface area contributed by atoms with Crippen molar-refractivity contribution < 1.29 is 13.8 Å². The van der Waals surface area contributed by atoms with Crippen LogP contribution in [0.5, 0.6) is 0 Å². The van der Waals surface area contributed by atoms with E-state index in [2.05, 4.69) is 21.2 Å². The van der Waals surface area contributed by atoms with Gasteiger partial charge in [0.1, 0.15) is 5.75 Å². The van der Waals surface area contributed by atoms with Gasteiger partial charge in [-0.25, -0.2) is 0 Å². The molecule has 1 aliphatic heterocycles. The Bertz CT molecular complexity index is 649. The molecule has 1 heterocycles. The molecule has 26 heavy (non-hydrogen) atoms.